The highest BCUT2D eigenvalue weighted by molar-refractivity contribution is 5.94. The summed E-state index contributed by atoms with van der Waals surface area (Å²) in [6.45, 7) is 4.98. The Morgan fingerprint density at radius 2 is 1.94 bits per heavy atom. The monoisotopic (exact) mass is 223 g/mol. The van der Waals surface area contributed by atoms with Crippen LogP contribution in [0.1, 0.15) is 37.0 Å². The molecule has 0 radical (unpaired) electrons. The molecule has 0 aromatic heterocycles. The Morgan fingerprint density at radius 3 is 2.50 bits per heavy atom. The van der Waals surface area contributed by atoms with E-state index in [4.69, 9.17) is 0 Å². The van der Waals surface area contributed by atoms with Gasteiger partial charge in [0.1, 0.15) is 5.82 Å². The van der Waals surface area contributed by atoms with E-state index in [9.17, 15) is 9.18 Å². The van der Waals surface area contributed by atoms with E-state index in [2.05, 4.69) is 19.2 Å². The number of carbonyl (C=O) groups excluding carboxylic acids is 1. The summed E-state index contributed by atoms with van der Waals surface area (Å²) >= 11 is 0. The lowest BCUT2D eigenvalue weighted by Gasteiger charge is -2.06. The van der Waals surface area contributed by atoms with Gasteiger partial charge in [-0.1, -0.05) is 13.8 Å². The van der Waals surface area contributed by atoms with Crippen molar-refractivity contribution in [3.63, 3.8) is 0 Å². The second-order valence-corrected chi connectivity index (χ2v) is 4.30. The van der Waals surface area contributed by atoms with Crippen LogP contribution >= 0.6 is 0 Å². The van der Waals surface area contributed by atoms with Crippen LogP contribution < -0.4 is 5.32 Å². The summed E-state index contributed by atoms with van der Waals surface area (Å²) in [4.78, 5) is 11.6. The predicted molar refractivity (Wildman–Crippen MR) is 62.8 cm³/mol. The van der Waals surface area contributed by atoms with Gasteiger partial charge >= 0.3 is 0 Å². The Morgan fingerprint density at radius 1 is 1.31 bits per heavy atom. The molecule has 0 heterocycles. The first kappa shape index (κ1) is 12.7. The molecule has 0 saturated heterocycles. The molecule has 1 aromatic rings. The van der Waals surface area contributed by atoms with Crippen LogP contribution in [0.2, 0.25) is 0 Å². The normalized spacial score (nSPS) is 10.5. The first-order chi connectivity index (χ1) is 7.59. The third-order valence-corrected chi connectivity index (χ3v) is 2.35. The van der Waals surface area contributed by atoms with Gasteiger partial charge < -0.3 is 5.32 Å². The Labute approximate surface area is 95.9 Å². The van der Waals surface area contributed by atoms with Crippen LogP contribution in [0.4, 0.5) is 4.39 Å². The highest BCUT2D eigenvalue weighted by Gasteiger charge is 2.04. The van der Waals surface area contributed by atoms with Gasteiger partial charge in [0.2, 0.25) is 0 Å². The van der Waals surface area contributed by atoms with E-state index in [1.807, 2.05) is 0 Å². The summed E-state index contributed by atoms with van der Waals surface area (Å²) in [6, 6.07) is 5.58. The van der Waals surface area contributed by atoms with Gasteiger partial charge in [-0.2, -0.15) is 0 Å². The van der Waals surface area contributed by atoms with Crippen molar-refractivity contribution in [2.24, 2.45) is 5.92 Å². The number of amides is 1. The van der Waals surface area contributed by atoms with Crippen LogP contribution in [0.15, 0.2) is 24.3 Å². The Bertz CT molecular complexity index is 332. The highest BCUT2D eigenvalue weighted by Crippen LogP contribution is 2.04. The maximum atomic E-state index is 12.6. The average molecular weight is 223 g/mol. The highest BCUT2D eigenvalue weighted by atomic mass is 19.1. The summed E-state index contributed by atoms with van der Waals surface area (Å²) in [6.07, 6.45) is 2.08. The van der Waals surface area contributed by atoms with Gasteiger partial charge in [0.15, 0.2) is 0 Å². The summed E-state index contributed by atoms with van der Waals surface area (Å²) in [5, 5.41) is 2.81. The van der Waals surface area contributed by atoms with E-state index in [1.54, 1.807) is 0 Å². The second-order valence-electron chi connectivity index (χ2n) is 4.30. The minimum Gasteiger partial charge on any atom is -0.352 e. The van der Waals surface area contributed by atoms with Gasteiger partial charge in [-0.15, -0.1) is 0 Å². The standard InChI is InChI=1S/C13H18FNO/c1-10(2)4-3-9-15-13(16)11-5-7-12(14)8-6-11/h5-8,10H,3-4,9H2,1-2H3,(H,15,16). The number of carbonyl (C=O) groups is 1. The Hall–Kier alpha value is -1.38. The molecule has 0 aliphatic heterocycles. The van der Waals surface area contributed by atoms with E-state index >= 15 is 0 Å². The SMILES string of the molecule is CC(C)CCCNC(=O)c1ccc(F)cc1. The molecular formula is C13H18FNO. The van der Waals surface area contributed by atoms with Crippen LogP contribution in [0, 0.1) is 11.7 Å². The van der Waals surface area contributed by atoms with Crippen molar-refractivity contribution in [2.45, 2.75) is 26.7 Å². The number of halogens is 1. The minimum absolute atomic E-state index is 0.135. The molecule has 2 nitrogen and oxygen atoms in total. The molecule has 16 heavy (non-hydrogen) atoms. The molecule has 88 valence electrons. The van der Waals surface area contributed by atoms with Gasteiger partial charge in [0.05, 0.1) is 0 Å². The van der Waals surface area contributed by atoms with Gasteiger partial charge in [-0.25, -0.2) is 4.39 Å². The molecule has 0 saturated carbocycles. The van der Waals surface area contributed by atoms with Crippen LogP contribution in [0.25, 0.3) is 0 Å². The van der Waals surface area contributed by atoms with Crippen molar-refractivity contribution in [1.82, 2.24) is 5.32 Å². The predicted octanol–water partition coefficient (Wildman–Crippen LogP) is 2.99. The Kier molecular flexibility index (Phi) is 4.96. The molecule has 0 spiro atoms. The molecule has 0 bridgehead atoms. The molecule has 1 aromatic carbocycles. The lowest BCUT2D eigenvalue weighted by atomic mass is 10.1. The van der Waals surface area contributed by atoms with Crippen molar-refractivity contribution in [1.29, 1.82) is 0 Å². The first-order valence-corrected chi connectivity index (χ1v) is 5.63. The number of nitrogens with one attached hydrogen (secondary N) is 1. The molecule has 3 heteroatoms. The van der Waals surface area contributed by atoms with Crippen LogP contribution in [-0.4, -0.2) is 12.5 Å². The molecule has 1 rings (SSSR count). The van der Waals surface area contributed by atoms with Crippen LogP contribution in [0.5, 0.6) is 0 Å². The molecular weight excluding hydrogens is 205 g/mol. The molecule has 1 N–H and O–H groups in total. The lowest BCUT2D eigenvalue weighted by molar-refractivity contribution is 0.0952. The smallest absolute Gasteiger partial charge is 0.251 e. The summed E-state index contributed by atoms with van der Waals surface area (Å²) in [5.41, 5.74) is 0.506. The van der Waals surface area contributed by atoms with E-state index in [-0.39, 0.29) is 11.7 Å². The van der Waals surface area contributed by atoms with E-state index in [0.717, 1.165) is 12.8 Å². The zero-order valence-corrected chi connectivity index (χ0v) is 9.79. The fourth-order valence-corrected chi connectivity index (χ4v) is 1.42. The average Bonchev–Trinajstić information content (AvgIpc) is 2.25. The summed E-state index contributed by atoms with van der Waals surface area (Å²) < 4.78 is 12.6. The third-order valence-electron chi connectivity index (χ3n) is 2.35. The quantitative estimate of drug-likeness (QED) is 0.764. The summed E-state index contributed by atoms with van der Waals surface area (Å²) in [7, 11) is 0. The molecule has 0 aliphatic rings. The second kappa shape index (κ2) is 6.26. The Balaban J connectivity index is 2.32. The fourth-order valence-electron chi connectivity index (χ4n) is 1.42. The molecule has 0 atom stereocenters. The largest absolute Gasteiger partial charge is 0.352 e. The van der Waals surface area contributed by atoms with Gasteiger partial charge in [0.25, 0.3) is 5.91 Å². The van der Waals surface area contributed by atoms with E-state index in [1.165, 1.54) is 24.3 Å². The third kappa shape index (κ3) is 4.43. The van der Waals surface area contributed by atoms with E-state index in [0.29, 0.717) is 18.0 Å². The maximum Gasteiger partial charge on any atom is 0.251 e. The molecule has 0 aliphatic carbocycles. The summed E-state index contributed by atoms with van der Waals surface area (Å²) in [5.74, 6) is 0.197. The topological polar surface area (TPSA) is 29.1 Å². The van der Waals surface area contributed by atoms with Gasteiger partial charge in [-0.3, -0.25) is 4.79 Å². The van der Waals surface area contributed by atoms with Crippen LogP contribution in [0.3, 0.4) is 0 Å². The van der Waals surface area contributed by atoms with Crippen molar-refractivity contribution in [3.05, 3.63) is 35.6 Å². The van der Waals surface area contributed by atoms with E-state index < -0.39 is 0 Å². The maximum absolute atomic E-state index is 12.6. The molecule has 0 fully saturated rings. The number of hydrogen-bond donors (Lipinski definition) is 1. The van der Waals surface area contributed by atoms with Crippen molar-refractivity contribution >= 4 is 5.91 Å². The minimum atomic E-state index is -0.323. The zero-order chi connectivity index (χ0) is 12.0. The van der Waals surface area contributed by atoms with Gasteiger partial charge in [-0.05, 0) is 43.0 Å². The fraction of sp³-hybridized carbons (Fsp3) is 0.462. The number of benzene rings is 1. The van der Waals surface area contributed by atoms with Crippen molar-refractivity contribution < 1.29 is 9.18 Å². The van der Waals surface area contributed by atoms with Crippen molar-refractivity contribution in [2.75, 3.05) is 6.54 Å². The van der Waals surface area contributed by atoms with Crippen molar-refractivity contribution in [3.8, 4) is 0 Å². The number of hydrogen-bond acceptors (Lipinski definition) is 1. The first-order valence-electron chi connectivity index (χ1n) is 5.63. The van der Waals surface area contributed by atoms with Gasteiger partial charge in [0, 0.05) is 12.1 Å². The van der Waals surface area contributed by atoms with Crippen LogP contribution in [-0.2, 0) is 0 Å². The number of rotatable bonds is 5. The lowest BCUT2D eigenvalue weighted by Crippen LogP contribution is -2.24. The molecule has 1 amide bonds. The molecule has 0 unspecified atom stereocenters. The zero-order valence-electron chi connectivity index (χ0n) is 9.79.